The Labute approximate surface area is 123 Å². The molecule has 1 aromatic carbocycles. The molecule has 0 saturated carbocycles. The Hall–Kier alpha value is -2.63. The van der Waals surface area contributed by atoms with Crippen molar-refractivity contribution in [3.63, 3.8) is 0 Å². The largest absolute Gasteiger partial charge is 0.480 e. The summed E-state index contributed by atoms with van der Waals surface area (Å²) in [6, 6.07) is 7.27. The van der Waals surface area contributed by atoms with Gasteiger partial charge in [0.15, 0.2) is 0 Å². The van der Waals surface area contributed by atoms with E-state index in [1.165, 1.54) is 21.3 Å². The molecule has 21 heavy (non-hydrogen) atoms. The Balaban J connectivity index is 3.24. The predicted octanol–water partition coefficient (Wildman–Crippen LogP) is 1.94. The van der Waals surface area contributed by atoms with Crippen LogP contribution in [-0.4, -0.2) is 39.2 Å². The lowest BCUT2D eigenvalue weighted by Crippen LogP contribution is -2.18. The molecule has 1 aromatic rings. The third kappa shape index (κ3) is 4.76. The number of rotatable bonds is 4. The molecular weight excluding hydrogens is 274 g/mol. The Morgan fingerprint density at radius 1 is 1.00 bits per heavy atom. The molecule has 0 fully saturated rings. The SMILES string of the molecule is COC(=O)/C=C(/C(=O)OC)C(=Nc1ccc(C)cc1)OC. The Kier molecular flexibility index (Phi) is 6.13. The van der Waals surface area contributed by atoms with E-state index >= 15 is 0 Å². The number of carbonyl (C=O) groups excluding carboxylic acids is 2. The lowest BCUT2D eigenvalue weighted by atomic mass is 10.2. The molecule has 0 aliphatic carbocycles. The van der Waals surface area contributed by atoms with Gasteiger partial charge in [-0.05, 0) is 19.1 Å². The Morgan fingerprint density at radius 2 is 1.62 bits per heavy atom. The van der Waals surface area contributed by atoms with E-state index in [1.807, 2.05) is 19.1 Å². The summed E-state index contributed by atoms with van der Waals surface area (Å²) in [5.41, 5.74) is 1.54. The highest BCUT2D eigenvalue weighted by atomic mass is 16.5. The first-order valence-corrected chi connectivity index (χ1v) is 6.09. The first-order chi connectivity index (χ1) is 10.0. The maximum atomic E-state index is 11.7. The molecule has 0 N–H and O–H groups in total. The molecule has 0 amide bonds. The molecule has 0 heterocycles. The van der Waals surface area contributed by atoms with Gasteiger partial charge in [0.05, 0.1) is 27.0 Å². The maximum absolute atomic E-state index is 11.7. The third-order valence-electron chi connectivity index (χ3n) is 2.56. The van der Waals surface area contributed by atoms with Gasteiger partial charge in [-0.25, -0.2) is 14.6 Å². The second-order valence-corrected chi connectivity index (χ2v) is 4.03. The standard InChI is InChI=1S/C15H17NO5/c1-10-5-7-11(8-6-10)16-14(20-3)12(15(18)21-4)9-13(17)19-2/h5-9H,1-4H3/b12-9+,16-14?. The third-order valence-corrected chi connectivity index (χ3v) is 2.56. The minimum atomic E-state index is -0.742. The monoisotopic (exact) mass is 291 g/mol. The summed E-state index contributed by atoms with van der Waals surface area (Å²) in [7, 11) is 3.75. The van der Waals surface area contributed by atoms with Crippen LogP contribution in [0.5, 0.6) is 0 Å². The van der Waals surface area contributed by atoms with Crippen molar-refractivity contribution < 1.29 is 23.8 Å². The summed E-state index contributed by atoms with van der Waals surface area (Å²) < 4.78 is 14.2. The smallest absolute Gasteiger partial charge is 0.343 e. The van der Waals surface area contributed by atoms with Crippen molar-refractivity contribution >= 4 is 23.5 Å². The molecule has 0 unspecified atom stereocenters. The number of nitrogens with zero attached hydrogens (tertiary/aromatic N) is 1. The summed E-state index contributed by atoms with van der Waals surface area (Å²) in [6.45, 7) is 1.95. The molecule has 0 aromatic heterocycles. The van der Waals surface area contributed by atoms with Crippen LogP contribution in [0.3, 0.4) is 0 Å². The van der Waals surface area contributed by atoms with Crippen LogP contribution in [0, 0.1) is 6.92 Å². The van der Waals surface area contributed by atoms with Crippen molar-refractivity contribution in [2.75, 3.05) is 21.3 Å². The van der Waals surface area contributed by atoms with Gasteiger partial charge in [0.25, 0.3) is 0 Å². The molecule has 6 heteroatoms. The molecule has 0 spiro atoms. The van der Waals surface area contributed by atoms with E-state index in [2.05, 4.69) is 14.5 Å². The van der Waals surface area contributed by atoms with Crippen LogP contribution in [0.1, 0.15) is 5.56 Å². The molecule has 0 radical (unpaired) electrons. The van der Waals surface area contributed by atoms with Gasteiger partial charge in [-0.15, -0.1) is 0 Å². The number of benzene rings is 1. The number of hydrogen-bond donors (Lipinski definition) is 0. The van der Waals surface area contributed by atoms with Gasteiger partial charge >= 0.3 is 11.9 Å². The van der Waals surface area contributed by atoms with Crippen molar-refractivity contribution in [1.82, 2.24) is 0 Å². The molecule has 1 rings (SSSR count). The number of methoxy groups -OCH3 is 3. The Bertz CT molecular complexity index is 572. The van der Waals surface area contributed by atoms with E-state index in [4.69, 9.17) is 4.74 Å². The average Bonchev–Trinajstić information content (AvgIpc) is 2.51. The van der Waals surface area contributed by atoms with E-state index in [1.54, 1.807) is 12.1 Å². The number of aliphatic imine (C=N–C) groups is 1. The van der Waals surface area contributed by atoms with Crippen LogP contribution in [0.15, 0.2) is 40.9 Å². The predicted molar refractivity (Wildman–Crippen MR) is 77.4 cm³/mol. The van der Waals surface area contributed by atoms with E-state index in [0.717, 1.165) is 11.6 Å². The normalized spacial score (nSPS) is 11.8. The minimum Gasteiger partial charge on any atom is -0.480 e. The summed E-state index contributed by atoms with van der Waals surface area (Å²) in [5.74, 6) is -1.48. The first-order valence-electron chi connectivity index (χ1n) is 6.09. The molecular formula is C15H17NO5. The quantitative estimate of drug-likeness (QED) is 0.367. The first kappa shape index (κ1) is 16.4. The van der Waals surface area contributed by atoms with Crippen LogP contribution < -0.4 is 0 Å². The van der Waals surface area contributed by atoms with Gasteiger partial charge in [0.1, 0.15) is 5.57 Å². The molecule has 0 saturated heterocycles. The lowest BCUT2D eigenvalue weighted by Gasteiger charge is -2.08. The molecule has 0 bridgehead atoms. The van der Waals surface area contributed by atoms with Gasteiger partial charge in [0, 0.05) is 6.08 Å². The van der Waals surface area contributed by atoms with Crippen LogP contribution in [0.4, 0.5) is 5.69 Å². The fourth-order valence-corrected chi connectivity index (χ4v) is 1.45. The van der Waals surface area contributed by atoms with E-state index < -0.39 is 11.9 Å². The Morgan fingerprint density at radius 3 is 2.10 bits per heavy atom. The maximum Gasteiger partial charge on any atom is 0.343 e. The van der Waals surface area contributed by atoms with Crippen LogP contribution in [0.25, 0.3) is 0 Å². The number of esters is 2. The lowest BCUT2D eigenvalue weighted by molar-refractivity contribution is -0.138. The fraction of sp³-hybridized carbons (Fsp3) is 0.267. The van der Waals surface area contributed by atoms with E-state index in [0.29, 0.717) is 5.69 Å². The fourth-order valence-electron chi connectivity index (χ4n) is 1.45. The van der Waals surface area contributed by atoms with Crippen LogP contribution in [-0.2, 0) is 23.8 Å². The summed E-state index contributed by atoms with van der Waals surface area (Å²) in [5, 5.41) is 0. The van der Waals surface area contributed by atoms with Gasteiger partial charge in [-0.1, -0.05) is 17.7 Å². The van der Waals surface area contributed by atoms with Gasteiger partial charge < -0.3 is 14.2 Å². The highest BCUT2D eigenvalue weighted by molar-refractivity contribution is 6.19. The minimum absolute atomic E-state index is 0.0314. The second kappa shape index (κ2) is 7.84. The average molecular weight is 291 g/mol. The zero-order valence-electron chi connectivity index (χ0n) is 12.4. The number of hydrogen-bond acceptors (Lipinski definition) is 6. The summed E-state index contributed by atoms with van der Waals surface area (Å²) in [6.07, 6.45) is 0.975. The molecule has 112 valence electrons. The van der Waals surface area contributed by atoms with Crippen molar-refractivity contribution in [2.24, 2.45) is 4.99 Å². The summed E-state index contributed by atoms with van der Waals surface area (Å²) >= 11 is 0. The van der Waals surface area contributed by atoms with Crippen molar-refractivity contribution in [1.29, 1.82) is 0 Å². The van der Waals surface area contributed by atoms with Gasteiger partial charge in [-0.2, -0.15) is 0 Å². The number of aryl methyl sites for hydroxylation is 1. The van der Waals surface area contributed by atoms with Crippen molar-refractivity contribution in [3.8, 4) is 0 Å². The topological polar surface area (TPSA) is 74.2 Å². The van der Waals surface area contributed by atoms with Gasteiger partial charge in [-0.3, -0.25) is 0 Å². The highest BCUT2D eigenvalue weighted by Gasteiger charge is 2.20. The highest BCUT2D eigenvalue weighted by Crippen LogP contribution is 2.15. The number of carbonyl (C=O) groups is 2. The zero-order chi connectivity index (χ0) is 15.8. The van der Waals surface area contributed by atoms with Crippen LogP contribution in [0.2, 0.25) is 0 Å². The van der Waals surface area contributed by atoms with Crippen LogP contribution >= 0.6 is 0 Å². The zero-order valence-corrected chi connectivity index (χ0v) is 12.4. The number of ether oxygens (including phenoxy) is 3. The second-order valence-electron chi connectivity index (χ2n) is 4.03. The van der Waals surface area contributed by atoms with Crippen molar-refractivity contribution in [3.05, 3.63) is 41.5 Å². The van der Waals surface area contributed by atoms with E-state index in [-0.39, 0.29) is 11.5 Å². The molecule has 0 atom stereocenters. The van der Waals surface area contributed by atoms with Gasteiger partial charge in [0.2, 0.25) is 5.90 Å². The summed E-state index contributed by atoms with van der Waals surface area (Å²) in [4.78, 5) is 27.3. The van der Waals surface area contributed by atoms with E-state index in [9.17, 15) is 9.59 Å². The molecule has 0 aliphatic heterocycles. The molecule has 0 aliphatic rings. The molecule has 6 nitrogen and oxygen atoms in total. The van der Waals surface area contributed by atoms with Crippen molar-refractivity contribution in [2.45, 2.75) is 6.92 Å².